The summed E-state index contributed by atoms with van der Waals surface area (Å²) >= 11 is 0. The molecule has 0 spiro atoms. The van der Waals surface area contributed by atoms with Gasteiger partial charge in [-0.05, 0) is 23.0 Å². The van der Waals surface area contributed by atoms with E-state index in [4.69, 9.17) is 17.3 Å². The van der Waals surface area contributed by atoms with Crippen molar-refractivity contribution in [1.29, 1.82) is 0 Å². The third kappa shape index (κ3) is 3.31. The minimum absolute atomic E-state index is 0.255. The van der Waals surface area contributed by atoms with Crippen molar-refractivity contribution in [3.05, 3.63) is 30.0 Å². The highest BCUT2D eigenvalue weighted by atomic mass is 16.5. The molecule has 1 fully saturated rings. The minimum Gasteiger partial charge on any atom is -0.493 e. The van der Waals surface area contributed by atoms with Crippen molar-refractivity contribution in [3.63, 3.8) is 0 Å². The summed E-state index contributed by atoms with van der Waals surface area (Å²) in [6.07, 6.45) is 10.3. The molecular formula is C19H24BNO2. The molecule has 3 nitrogen and oxygen atoms in total. The van der Waals surface area contributed by atoms with Gasteiger partial charge in [0.25, 0.3) is 0 Å². The van der Waals surface area contributed by atoms with Crippen LogP contribution in [0.4, 0.5) is 0 Å². The van der Waals surface area contributed by atoms with Gasteiger partial charge < -0.3 is 9.47 Å². The fourth-order valence-corrected chi connectivity index (χ4v) is 3.55. The Morgan fingerprint density at radius 3 is 2.17 bits per heavy atom. The first kappa shape index (κ1) is 16.2. The number of ether oxygens (including phenoxy) is 2. The van der Waals surface area contributed by atoms with Crippen molar-refractivity contribution in [1.82, 2.24) is 4.98 Å². The zero-order chi connectivity index (χ0) is 16.3. The average molecular weight is 309 g/mol. The molecule has 0 bridgehead atoms. The largest absolute Gasteiger partial charge is 0.493 e. The first-order valence-corrected chi connectivity index (χ1v) is 8.47. The van der Waals surface area contributed by atoms with E-state index < -0.39 is 0 Å². The van der Waals surface area contributed by atoms with E-state index in [2.05, 4.69) is 11.1 Å². The lowest BCUT2D eigenvalue weighted by Crippen LogP contribution is -2.27. The summed E-state index contributed by atoms with van der Waals surface area (Å²) in [5.74, 6) is 1.43. The highest BCUT2D eigenvalue weighted by molar-refractivity contribution is 6.16. The van der Waals surface area contributed by atoms with Crippen molar-refractivity contribution < 1.29 is 9.47 Å². The Morgan fingerprint density at radius 1 is 0.913 bits per heavy atom. The number of aromatic nitrogens is 1. The Balaban J connectivity index is 2.01. The molecule has 2 radical (unpaired) electrons. The number of hydrogen-bond acceptors (Lipinski definition) is 3. The van der Waals surface area contributed by atoms with Crippen LogP contribution in [-0.4, -0.2) is 27.0 Å². The third-order valence-electron chi connectivity index (χ3n) is 5.01. The summed E-state index contributed by atoms with van der Waals surface area (Å²) in [7, 11) is 10.1. The molecule has 1 aliphatic rings. The SMILES string of the molecule is [B]C1(c2cnc3cc(OC)c(OC)cc3c2)CCCCCCC1. The van der Waals surface area contributed by atoms with Gasteiger partial charge in [-0.25, -0.2) is 0 Å². The summed E-state index contributed by atoms with van der Waals surface area (Å²) in [6, 6.07) is 6.07. The van der Waals surface area contributed by atoms with Gasteiger partial charge in [0.1, 0.15) is 0 Å². The third-order valence-corrected chi connectivity index (χ3v) is 5.01. The number of fused-ring (bicyclic) bond motifs is 1. The summed E-state index contributed by atoms with van der Waals surface area (Å²) in [5.41, 5.74) is 2.04. The summed E-state index contributed by atoms with van der Waals surface area (Å²) in [4.78, 5) is 4.62. The Kier molecular flexibility index (Phi) is 4.79. The summed E-state index contributed by atoms with van der Waals surface area (Å²) in [5, 5.41) is 0.793. The van der Waals surface area contributed by atoms with Crippen molar-refractivity contribution in [3.8, 4) is 11.5 Å². The molecule has 1 saturated carbocycles. The Hall–Kier alpha value is -1.71. The number of hydrogen-bond donors (Lipinski definition) is 0. The van der Waals surface area contributed by atoms with Crippen LogP contribution < -0.4 is 9.47 Å². The predicted octanol–water partition coefficient (Wildman–Crippen LogP) is 4.36. The van der Waals surface area contributed by atoms with Crippen LogP contribution in [0.15, 0.2) is 24.4 Å². The maximum absolute atomic E-state index is 6.77. The fourth-order valence-electron chi connectivity index (χ4n) is 3.55. The molecule has 0 saturated heterocycles. The molecule has 0 aliphatic heterocycles. The molecule has 1 aromatic carbocycles. The van der Waals surface area contributed by atoms with Crippen LogP contribution in [0.5, 0.6) is 11.5 Å². The number of nitrogens with zero attached hydrogens (tertiary/aromatic N) is 1. The van der Waals surface area contributed by atoms with E-state index in [0.29, 0.717) is 5.75 Å². The van der Waals surface area contributed by atoms with E-state index in [0.717, 1.165) is 35.1 Å². The van der Waals surface area contributed by atoms with Gasteiger partial charge >= 0.3 is 0 Å². The first-order valence-electron chi connectivity index (χ1n) is 8.47. The molecule has 120 valence electrons. The van der Waals surface area contributed by atoms with E-state index in [1.54, 1.807) is 14.2 Å². The fraction of sp³-hybridized carbons (Fsp3) is 0.526. The zero-order valence-electron chi connectivity index (χ0n) is 14.1. The van der Waals surface area contributed by atoms with Crippen molar-refractivity contribution in [2.24, 2.45) is 0 Å². The summed E-state index contributed by atoms with van der Waals surface area (Å²) in [6.45, 7) is 0. The molecule has 1 aliphatic carbocycles. The van der Waals surface area contributed by atoms with E-state index in [1.807, 2.05) is 18.3 Å². The second-order valence-electron chi connectivity index (χ2n) is 6.55. The van der Waals surface area contributed by atoms with Gasteiger partial charge in [-0.1, -0.05) is 44.9 Å². The highest BCUT2D eigenvalue weighted by Gasteiger charge is 2.27. The second kappa shape index (κ2) is 6.82. The van der Waals surface area contributed by atoms with Gasteiger partial charge in [0, 0.05) is 17.6 Å². The topological polar surface area (TPSA) is 31.4 Å². The molecule has 0 N–H and O–H groups in total. The van der Waals surface area contributed by atoms with Gasteiger partial charge in [-0.15, -0.1) is 0 Å². The van der Waals surface area contributed by atoms with E-state index in [1.165, 1.54) is 32.1 Å². The molecule has 4 heteroatoms. The van der Waals surface area contributed by atoms with Gasteiger partial charge in [-0.3, -0.25) is 4.98 Å². The van der Waals surface area contributed by atoms with Crippen LogP contribution in [-0.2, 0) is 5.31 Å². The van der Waals surface area contributed by atoms with Crippen LogP contribution in [0.25, 0.3) is 10.9 Å². The lowest BCUT2D eigenvalue weighted by atomic mass is 9.58. The minimum atomic E-state index is -0.255. The van der Waals surface area contributed by atoms with Gasteiger partial charge in [0.2, 0.25) is 0 Å². The maximum atomic E-state index is 6.77. The van der Waals surface area contributed by atoms with E-state index in [-0.39, 0.29) is 5.31 Å². The maximum Gasteiger partial charge on any atom is 0.162 e. The molecule has 1 heterocycles. The average Bonchev–Trinajstić information content (AvgIpc) is 2.56. The molecule has 0 amide bonds. The highest BCUT2D eigenvalue weighted by Crippen LogP contribution is 2.37. The number of benzene rings is 1. The Bertz CT molecular complexity index is 678. The van der Waals surface area contributed by atoms with Crippen LogP contribution in [0.1, 0.15) is 50.5 Å². The number of rotatable bonds is 3. The molecule has 23 heavy (non-hydrogen) atoms. The van der Waals surface area contributed by atoms with Crippen molar-refractivity contribution in [2.45, 2.75) is 50.3 Å². The van der Waals surface area contributed by atoms with Gasteiger partial charge in [0.05, 0.1) is 27.6 Å². The molecule has 1 aromatic heterocycles. The lowest BCUT2D eigenvalue weighted by Gasteiger charge is -2.32. The van der Waals surface area contributed by atoms with E-state index in [9.17, 15) is 0 Å². The lowest BCUT2D eigenvalue weighted by molar-refractivity contribution is 0.355. The number of pyridine rings is 1. The predicted molar refractivity (Wildman–Crippen MR) is 94.6 cm³/mol. The van der Waals surface area contributed by atoms with E-state index >= 15 is 0 Å². The van der Waals surface area contributed by atoms with Crippen molar-refractivity contribution in [2.75, 3.05) is 14.2 Å². The Labute approximate surface area is 139 Å². The van der Waals surface area contributed by atoms with Crippen LogP contribution in [0.2, 0.25) is 0 Å². The summed E-state index contributed by atoms with van der Waals surface area (Å²) < 4.78 is 10.8. The van der Waals surface area contributed by atoms with Crippen molar-refractivity contribution >= 4 is 18.7 Å². The molecular weight excluding hydrogens is 285 g/mol. The van der Waals surface area contributed by atoms with Crippen LogP contribution in [0, 0.1) is 0 Å². The molecule has 0 unspecified atom stereocenters. The van der Waals surface area contributed by atoms with Crippen LogP contribution in [0.3, 0.4) is 0 Å². The monoisotopic (exact) mass is 309 g/mol. The second-order valence-corrected chi connectivity index (χ2v) is 6.55. The standard InChI is InChI=1S/C19H24BNO2/c1-22-17-11-14-10-15(13-21-16(14)12-18(17)23-2)19(20)8-6-4-3-5-7-9-19/h10-13H,3-9H2,1-2H3. The zero-order valence-corrected chi connectivity index (χ0v) is 14.1. The van der Waals surface area contributed by atoms with Gasteiger partial charge in [0.15, 0.2) is 11.5 Å². The number of methoxy groups -OCH3 is 2. The molecule has 2 aromatic rings. The molecule has 3 rings (SSSR count). The van der Waals surface area contributed by atoms with Crippen LogP contribution >= 0.6 is 0 Å². The smallest absolute Gasteiger partial charge is 0.162 e. The first-order chi connectivity index (χ1) is 11.2. The normalized spacial score (nSPS) is 18.2. The van der Waals surface area contributed by atoms with Gasteiger partial charge in [-0.2, -0.15) is 0 Å². The molecule has 0 atom stereocenters. The quantitative estimate of drug-likeness (QED) is 0.789. The Morgan fingerprint density at radius 2 is 1.52 bits per heavy atom.